The van der Waals surface area contributed by atoms with Gasteiger partial charge >= 0.3 is 0 Å². The Morgan fingerprint density at radius 2 is 1.94 bits per heavy atom. The molecule has 0 radical (unpaired) electrons. The van der Waals surface area contributed by atoms with E-state index in [1.165, 1.54) is 24.4 Å². The van der Waals surface area contributed by atoms with E-state index in [2.05, 4.69) is 20.4 Å². The van der Waals surface area contributed by atoms with E-state index >= 15 is 0 Å². The molecule has 2 aliphatic rings. The number of H-pyrrole nitrogens is 1. The molecule has 2 aromatic heterocycles. The first kappa shape index (κ1) is 21.4. The Labute approximate surface area is 186 Å². The molecule has 0 unspecified atom stereocenters. The van der Waals surface area contributed by atoms with Crippen LogP contribution in [0.3, 0.4) is 0 Å². The molecule has 0 saturated heterocycles. The summed E-state index contributed by atoms with van der Waals surface area (Å²) in [5.74, 6) is -3.28. The van der Waals surface area contributed by atoms with Gasteiger partial charge in [-0.15, -0.1) is 0 Å². The minimum atomic E-state index is -2.68. The van der Waals surface area contributed by atoms with Crippen molar-refractivity contribution in [1.82, 2.24) is 25.1 Å². The number of hydrogen-bond donors (Lipinski definition) is 2. The predicted molar refractivity (Wildman–Crippen MR) is 115 cm³/mol. The van der Waals surface area contributed by atoms with Crippen molar-refractivity contribution in [3.8, 4) is 0 Å². The van der Waals surface area contributed by atoms with Crippen LogP contribution < -0.4 is 10.9 Å². The molecule has 6 nitrogen and oxygen atoms in total. The average Bonchev–Trinajstić information content (AvgIpc) is 3.19. The molecule has 2 N–H and O–H groups in total. The highest BCUT2D eigenvalue weighted by Gasteiger charge is 2.36. The van der Waals surface area contributed by atoms with Crippen molar-refractivity contribution in [1.29, 1.82) is 0 Å². The van der Waals surface area contributed by atoms with Gasteiger partial charge in [-0.3, -0.25) is 4.79 Å². The molecule has 0 atom stereocenters. The third-order valence-corrected chi connectivity index (χ3v) is 6.19. The Morgan fingerprint density at radius 3 is 2.67 bits per heavy atom. The van der Waals surface area contributed by atoms with Crippen LogP contribution in [0.4, 0.5) is 17.6 Å². The molecule has 1 aromatic carbocycles. The molecule has 0 spiro atoms. The van der Waals surface area contributed by atoms with E-state index in [4.69, 9.17) is 0 Å². The first-order valence-corrected chi connectivity index (χ1v) is 10.7. The van der Waals surface area contributed by atoms with Crippen LogP contribution in [0.15, 0.2) is 47.3 Å². The van der Waals surface area contributed by atoms with E-state index in [1.807, 2.05) is 0 Å². The topological polar surface area (TPSA) is 75.6 Å². The lowest BCUT2D eigenvalue weighted by Gasteiger charge is -2.28. The van der Waals surface area contributed by atoms with E-state index in [-0.39, 0.29) is 50.1 Å². The van der Waals surface area contributed by atoms with Crippen molar-refractivity contribution in [3.63, 3.8) is 0 Å². The van der Waals surface area contributed by atoms with Crippen molar-refractivity contribution in [2.24, 2.45) is 0 Å². The number of nitrogens with one attached hydrogen (secondary N) is 2. The van der Waals surface area contributed by atoms with Crippen LogP contribution >= 0.6 is 0 Å². The van der Waals surface area contributed by atoms with Gasteiger partial charge in [0.15, 0.2) is 11.6 Å². The lowest BCUT2D eigenvalue weighted by atomic mass is 9.92. The zero-order valence-corrected chi connectivity index (χ0v) is 17.5. The summed E-state index contributed by atoms with van der Waals surface area (Å²) in [6.07, 6.45) is 4.44. The number of halogens is 4. The Balaban J connectivity index is 1.51. The summed E-state index contributed by atoms with van der Waals surface area (Å²) in [4.78, 5) is 19.9. The first-order valence-electron chi connectivity index (χ1n) is 10.7. The van der Waals surface area contributed by atoms with Crippen molar-refractivity contribution < 1.29 is 17.6 Å². The normalized spacial score (nSPS) is 18.7. The summed E-state index contributed by atoms with van der Waals surface area (Å²) in [7, 11) is 0. The van der Waals surface area contributed by atoms with Gasteiger partial charge in [0.1, 0.15) is 17.0 Å². The fourth-order valence-electron chi connectivity index (χ4n) is 4.46. The highest BCUT2D eigenvalue weighted by Crippen LogP contribution is 2.38. The molecular weight excluding hydrogens is 438 g/mol. The van der Waals surface area contributed by atoms with E-state index in [0.717, 1.165) is 5.57 Å². The second kappa shape index (κ2) is 8.17. The zero-order chi connectivity index (χ0) is 23.2. The monoisotopic (exact) mass is 459 g/mol. The van der Waals surface area contributed by atoms with E-state index in [0.29, 0.717) is 22.6 Å². The number of benzene rings is 1. The lowest BCUT2D eigenvalue weighted by Crippen LogP contribution is -2.27. The number of dihydropyridines is 1. The summed E-state index contributed by atoms with van der Waals surface area (Å²) in [5.41, 5.74) is 1.97. The van der Waals surface area contributed by atoms with Crippen molar-refractivity contribution in [2.75, 3.05) is 6.54 Å². The molecule has 3 aromatic rings. The minimum absolute atomic E-state index is 0.121. The summed E-state index contributed by atoms with van der Waals surface area (Å²) in [5, 5.41) is 7.14. The van der Waals surface area contributed by atoms with Crippen LogP contribution in [0.25, 0.3) is 16.6 Å². The Bertz CT molecular complexity index is 1330. The standard InChI is InChI=1S/C23H21F4N5O/c24-15-2-3-17(13-1-4-19(25)28-11-13)14(9-15)10-20-30-21-18(22(33)31-20)12-29-32(21)16-5-7-23(26,27)8-6-16/h1-4,9,12,16,28H,5-8,10-11H2,(H,30,31,33). The van der Waals surface area contributed by atoms with Gasteiger partial charge < -0.3 is 10.3 Å². The highest BCUT2D eigenvalue weighted by atomic mass is 19.3. The van der Waals surface area contributed by atoms with Gasteiger partial charge in [0.05, 0.1) is 12.2 Å². The third kappa shape index (κ3) is 4.29. The zero-order valence-electron chi connectivity index (χ0n) is 17.5. The van der Waals surface area contributed by atoms with E-state index < -0.39 is 23.2 Å². The number of allylic oxidation sites excluding steroid dienone is 2. The maximum Gasteiger partial charge on any atom is 0.262 e. The van der Waals surface area contributed by atoms with Gasteiger partial charge in [-0.1, -0.05) is 12.1 Å². The predicted octanol–water partition coefficient (Wildman–Crippen LogP) is 4.40. The molecule has 172 valence electrons. The number of rotatable bonds is 4. The molecule has 33 heavy (non-hydrogen) atoms. The molecule has 1 aliphatic heterocycles. The van der Waals surface area contributed by atoms with Crippen LogP contribution in [0, 0.1) is 5.82 Å². The maximum absolute atomic E-state index is 14.1. The van der Waals surface area contributed by atoms with Crippen LogP contribution in [0.5, 0.6) is 0 Å². The Kier molecular flexibility index (Phi) is 5.30. The van der Waals surface area contributed by atoms with Crippen LogP contribution in [-0.4, -0.2) is 32.2 Å². The number of aromatic amines is 1. The maximum atomic E-state index is 14.1. The van der Waals surface area contributed by atoms with Gasteiger partial charge in [-0.05, 0) is 47.8 Å². The lowest BCUT2D eigenvalue weighted by molar-refractivity contribution is -0.0446. The second-order valence-corrected chi connectivity index (χ2v) is 8.46. The van der Waals surface area contributed by atoms with Crippen molar-refractivity contribution in [2.45, 2.75) is 44.1 Å². The number of aromatic nitrogens is 4. The summed E-state index contributed by atoms with van der Waals surface area (Å²) >= 11 is 0. The molecule has 3 heterocycles. The van der Waals surface area contributed by atoms with Crippen molar-refractivity contribution >= 4 is 16.6 Å². The molecule has 5 rings (SSSR count). The van der Waals surface area contributed by atoms with Crippen molar-refractivity contribution in [3.05, 3.63) is 75.6 Å². The Hall–Kier alpha value is -3.43. The summed E-state index contributed by atoms with van der Waals surface area (Å²) < 4.78 is 56.1. The average molecular weight is 459 g/mol. The van der Waals surface area contributed by atoms with Gasteiger partial charge in [-0.25, -0.2) is 22.8 Å². The molecule has 1 fully saturated rings. The van der Waals surface area contributed by atoms with Gasteiger partial charge in [0, 0.05) is 25.8 Å². The third-order valence-electron chi connectivity index (χ3n) is 6.19. The molecule has 1 saturated carbocycles. The number of nitrogens with zero attached hydrogens (tertiary/aromatic N) is 3. The van der Waals surface area contributed by atoms with Crippen LogP contribution in [0.1, 0.15) is 48.7 Å². The quantitative estimate of drug-likeness (QED) is 0.448. The number of hydrogen-bond acceptors (Lipinski definition) is 4. The fourth-order valence-corrected chi connectivity index (χ4v) is 4.46. The first-order chi connectivity index (χ1) is 15.8. The van der Waals surface area contributed by atoms with Gasteiger partial charge in [0.25, 0.3) is 5.56 Å². The SMILES string of the molecule is O=c1[nH]c(Cc2cc(F)ccc2C2=CC=C(F)NC2)nc2c1cnn2C1CCC(F)(F)CC1. The number of alkyl halides is 2. The minimum Gasteiger partial charge on any atom is -0.358 e. The smallest absolute Gasteiger partial charge is 0.262 e. The largest absolute Gasteiger partial charge is 0.358 e. The van der Waals surface area contributed by atoms with Gasteiger partial charge in [0.2, 0.25) is 5.92 Å². The summed E-state index contributed by atoms with van der Waals surface area (Å²) in [6, 6.07) is 4.02. The van der Waals surface area contributed by atoms with Crippen LogP contribution in [-0.2, 0) is 6.42 Å². The van der Waals surface area contributed by atoms with Gasteiger partial charge in [-0.2, -0.15) is 9.49 Å². The highest BCUT2D eigenvalue weighted by molar-refractivity contribution is 5.74. The van der Waals surface area contributed by atoms with E-state index in [9.17, 15) is 22.4 Å². The van der Waals surface area contributed by atoms with Crippen LogP contribution in [0.2, 0.25) is 0 Å². The molecule has 0 bridgehead atoms. The molecule has 10 heteroatoms. The molecule has 1 aliphatic carbocycles. The number of fused-ring (bicyclic) bond motifs is 1. The fraction of sp³-hybridized carbons (Fsp3) is 0.348. The molecule has 0 amide bonds. The summed E-state index contributed by atoms with van der Waals surface area (Å²) in [6.45, 7) is 0.239. The Morgan fingerprint density at radius 1 is 1.15 bits per heavy atom. The molecular formula is C23H21F4N5O. The van der Waals surface area contributed by atoms with E-state index in [1.54, 1.807) is 16.8 Å². The second-order valence-electron chi connectivity index (χ2n) is 8.46.